The van der Waals surface area contributed by atoms with Gasteiger partial charge >= 0.3 is 6.03 Å². The highest BCUT2D eigenvalue weighted by molar-refractivity contribution is 5.95. The monoisotopic (exact) mass is 287 g/mol. The third-order valence-corrected chi connectivity index (χ3v) is 3.33. The number of hydrogen-bond donors (Lipinski definition) is 2. The van der Waals surface area contributed by atoms with E-state index in [1.807, 2.05) is 25.1 Å². The quantitative estimate of drug-likeness (QED) is 0.884. The average molecular weight is 287 g/mol. The molecule has 1 aromatic rings. The van der Waals surface area contributed by atoms with Gasteiger partial charge in [-0.25, -0.2) is 4.79 Å². The molecule has 1 aliphatic rings. The number of rotatable bonds is 4. The highest BCUT2D eigenvalue weighted by Crippen LogP contribution is 2.20. The fourth-order valence-corrected chi connectivity index (χ4v) is 2.38. The Labute approximate surface area is 125 Å². The molecule has 21 heavy (non-hydrogen) atoms. The molecule has 0 saturated carbocycles. The number of nitrogens with one attached hydrogen (secondary N) is 2. The van der Waals surface area contributed by atoms with Gasteiger partial charge in [0.2, 0.25) is 5.91 Å². The van der Waals surface area contributed by atoms with Gasteiger partial charge in [0.1, 0.15) is 0 Å². The zero-order chi connectivity index (χ0) is 15.1. The topological polar surface area (TPSA) is 61.4 Å². The first-order valence-corrected chi connectivity index (χ1v) is 7.23. The SMILES string of the molecule is CCNC(=O)NC(=O)CN1CCC=C(c2ccccc2)C1. The van der Waals surface area contributed by atoms with E-state index in [2.05, 4.69) is 33.7 Å². The molecular weight excluding hydrogens is 266 g/mol. The lowest BCUT2D eigenvalue weighted by Gasteiger charge is -2.26. The number of carbonyl (C=O) groups is 2. The molecule has 0 aliphatic carbocycles. The zero-order valence-electron chi connectivity index (χ0n) is 12.3. The largest absolute Gasteiger partial charge is 0.338 e. The summed E-state index contributed by atoms with van der Waals surface area (Å²) in [5, 5.41) is 4.88. The van der Waals surface area contributed by atoms with Gasteiger partial charge in [-0.1, -0.05) is 36.4 Å². The number of nitrogens with zero attached hydrogens (tertiary/aromatic N) is 1. The maximum Gasteiger partial charge on any atom is 0.321 e. The Balaban J connectivity index is 1.87. The summed E-state index contributed by atoms with van der Waals surface area (Å²) >= 11 is 0. The molecule has 5 nitrogen and oxygen atoms in total. The summed E-state index contributed by atoms with van der Waals surface area (Å²) in [6, 6.07) is 9.73. The summed E-state index contributed by atoms with van der Waals surface area (Å²) in [7, 11) is 0. The lowest BCUT2D eigenvalue weighted by atomic mass is 10.0. The van der Waals surface area contributed by atoms with Crippen molar-refractivity contribution in [2.24, 2.45) is 0 Å². The van der Waals surface area contributed by atoms with E-state index in [-0.39, 0.29) is 12.5 Å². The van der Waals surface area contributed by atoms with Gasteiger partial charge in [-0.15, -0.1) is 0 Å². The molecular formula is C16H21N3O2. The molecule has 3 amide bonds. The molecule has 0 fully saturated rings. The van der Waals surface area contributed by atoms with Gasteiger partial charge in [0.15, 0.2) is 0 Å². The van der Waals surface area contributed by atoms with E-state index < -0.39 is 6.03 Å². The Morgan fingerprint density at radius 2 is 2.00 bits per heavy atom. The van der Waals surface area contributed by atoms with E-state index in [4.69, 9.17) is 0 Å². The molecule has 0 bridgehead atoms. The molecule has 2 N–H and O–H groups in total. The lowest BCUT2D eigenvalue weighted by molar-refractivity contribution is -0.121. The fourth-order valence-electron chi connectivity index (χ4n) is 2.38. The van der Waals surface area contributed by atoms with Gasteiger partial charge < -0.3 is 5.32 Å². The smallest absolute Gasteiger partial charge is 0.321 e. The van der Waals surface area contributed by atoms with E-state index in [9.17, 15) is 9.59 Å². The van der Waals surface area contributed by atoms with Crippen LogP contribution in [0.3, 0.4) is 0 Å². The molecule has 112 valence electrons. The molecule has 0 unspecified atom stereocenters. The second kappa shape index (κ2) is 7.59. The molecule has 0 spiro atoms. The van der Waals surface area contributed by atoms with E-state index in [0.717, 1.165) is 19.5 Å². The van der Waals surface area contributed by atoms with Gasteiger partial charge in [-0.2, -0.15) is 0 Å². The summed E-state index contributed by atoms with van der Waals surface area (Å²) in [5.74, 6) is -0.268. The van der Waals surface area contributed by atoms with Crippen molar-refractivity contribution in [1.82, 2.24) is 15.5 Å². The molecule has 1 aromatic carbocycles. The van der Waals surface area contributed by atoms with Crippen LogP contribution in [0.25, 0.3) is 5.57 Å². The summed E-state index contributed by atoms with van der Waals surface area (Å²) in [4.78, 5) is 25.2. The molecule has 2 rings (SSSR count). The Hall–Kier alpha value is -2.14. The van der Waals surface area contributed by atoms with Crippen molar-refractivity contribution in [1.29, 1.82) is 0 Å². The molecule has 5 heteroatoms. The minimum Gasteiger partial charge on any atom is -0.338 e. The van der Waals surface area contributed by atoms with Crippen molar-refractivity contribution >= 4 is 17.5 Å². The number of benzene rings is 1. The van der Waals surface area contributed by atoms with E-state index in [1.165, 1.54) is 11.1 Å². The van der Waals surface area contributed by atoms with Gasteiger partial charge in [-0.05, 0) is 24.5 Å². The maximum absolute atomic E-state index is 11.8. The third kappa shape index (κ3) is 4.72. The molecule has 1 heterocycles. The number of urea groups is 1. The summed E-state index contributed by atoms with van der Waals surface area (Å²) in [5.41, 5.74) is 2.42. The van der Waals surface area contributed by atoms with Gasteiger partial charge in [0.05, 0.1) is 6.54 Å². The Bertz CT molecular complexity index is 526. The molecule has 1 aliphatic heterocycles. The standard InChI is InChI=1S/C16H21N3O2/c1-2-17-16(21)18-15(20)12-19-10-6-9-14(11-19)13-7-4-3-5-8-13/h3-5,7-9H,2,6,10-12H2,1H3,(H2,17,18,20,21). The maximum atomic E-state index is 11.8. The van der Waals surface area contributed by atoms with E-state index in [1.54, 1.807) is 0 Å². The van der Waals surface area contributed by atoms with Crippen LogP contribution in [-0.4, -0.2) is 43.0 Å². The van der Waals surface area contributed by atoms with Crippen LogP contribution in [0.2, 0.25) is 0 Å². The first kappa shape index (κ1) is 15.3. The predicted octanol–water partition coefficient (Wildman–Crippen LogP) is 1.62. The Morgan fingerprint density at radius 3 is 2.71 bits per heavy atom. The van der Waals surface area contributed by atoms with Crippen LogP contribution >= 0.6 is 0 Å². The summed E-state index contributed by atoms with van der Waals surface area (Å²) < 4.78 is 0. The normalized spacial score (nSPS) is 15.2. The molecule has 0 radical (unpaired) electrons. The van der Waals surface area contributed by atoms with Crippen LogP contribution in [0, 0.1) is 0 Å². The zero-order valence-corrected chi connectivity index (χ0v) is 12.3. The van der Waals surface area contributed by atoms with Crippen LogP contribution in [0.1, 0.15) is 18.9 Å². The van der Waals surface area contributed by atoms with Crippen LogP contribution < -0.4 is 10.6 Å². The van der Waals surface area contributed by atoms with Gasteiger partial charge in [0.25, 0.3) is 0 Å². The fraction of sp³-hybridized carbons (Fsp3) is 0.375. The van der Waals surface area contributed by atoms with Crippen molar-refractivity contribution in [2.75, 3.05) is 26.2 Å². The van der Waals surface area contributed by atoms with Crippen molar-refractivity contribution in [3.8, 4) is 0 Å². The number of carbonyl (C=O) groups excluding carboxylic acids is 2. The first-order chi connectivity index (χ1) is 10.2. The highest BCUT2D eigenvalue weighted by atomic mass is 16.2. The van der Waals surface area contributed by atoms with Crippen LogP contribution in [0.4, 0.5) is 4.79 Å². The average Bonchev–Trinajstić information content (AvgIpc) is 2.48. The van der Waals surface area contributed by atoms with Crippen LogP contribution in [0.5, 0.6) is 0 Å². The minimum absolute atomic E-state index is 0.237. The van der Waals surface area contributed by atoms with E-state index in [0.29, 0.717) is 6.54 Å². The molecule has 0 aromatic heterocycles. The van der Waals surface area contributed by atoms with Crippen molar-refractivity contribution in [2.45, 2.75) is 13.3 Å². The first-order valence-electron chi connectivity index (χ1n) is 7.23. The van der Waals surface area contributed by atoms with Gasteiger partial charge in [-0.3, -0.25) is 15.0 Å². The second-order valence-corrected chi connectivity index (χ2v) is 5.00. The third-order valence-electron chi connectivity index (χ3n) is 3.33. The number of amides is 3. The molecule has 0 atom stereocenters. The van der Waals surface area contributed by atoms with E-state index >= 15 is 0 Å². The highest BCUT2D eigenvalue weighted by Gasteiger charge is 2.17. The Kier molecular flexibility index (Phi) is 5.51. The number of hydrogen-bond acceptors (Lipinski definition) is 3. The van der Waals surface area contributed by atoms with Crippen molar-refractivity contribution in [3.05, 3.63) is 42.0 Å². The van der Waals surface area contributed by atoms with Gasteiger partial charge in [0, 0.05) is 19.6 Å². The summed E-state index contributed by atoms with van der Waals surface area (Å²) in [6.07, 6.45) is 3.13. The van der Waals surface area contributed by atoms with Crippen molar-refractivity contribution in [3.63, 3.8) is 0 Å². The lowest BCUT2D eigenvalue weighted by Crippen LogP contribution is -2.45. The number of imide groups is 1. The minimum atomic E-state index is -0.432. The molecule has 0 saturated heterocycles. The van der Waals surface area contributed by atoms with Crippen LogP contribution in [-0.2, 0) is 4.79 Å². The second-order valence-electron chi connectivity index (χ2n) is 5.00. The Morgan fingerprint density at radius 1 is 1.24 bits per heavy atom. The summed E-state index contributed by atoms with van der Waals surface area (Å²) in [6.45, 7) is 4.11. The van der Waals surface area contributed by atoms with Crippen LogP contribution in [0.15, 0.2) is 36.4 Å². The van der Waals surface area contributed by atoms with Crippen molar-refractivity contribution < 1.29 is 9.59 Å². The predicted molar refractivity (Wildman–Crippen MR) is 82.7 cm³/mol.